The molecule has 2 unspecified atom stereocenters. The van der Waals surface area contributed by atoms with E-state index in [4.69, 9.17) is 0 Å². The van der Waals surface area contributed by atoms with Crippen LogP contribution in [-0.2, 0) is 16.6 Å². The lowest BCUT2D eigenvalue weighted by molar-refractivity contribution is 0.0790. The number of piperidine rings is 1. The number of hydrazine groups is 1. The fourth-order valence-corrected chi connectivity index (χ4v) is 6.57. The first-order valence-corrected chi connectivity index (χ1v) is 10.2. The van der Waals surface area contributed by atoms with Gasteiger partial charge in [0.15, 0.2) is 0 Å². The second kappa shape index (κ2) is 7.06. The Hall–Kier alpha value is 0.01000. The molecule has 1 aromatic rings. The highest BCUT2D eigenvalue weighted by Gasteiger charge is 2.30. The van der Waals surface area contributed by atoms with E-state index in [1.54, 1.807) is 6.07 Å². The molecule has 1 aromatic heterocycles. The first-order valence-electron chi connectivity index (χ1n) is 7.08. The molecule has 2 N–H and O–H groups in total. The van der Waals surface area contributed by atoms with Gasteiger partial charge >= 0.3 is 0 Å². The predicted molar refractivity (Wildman–Crippen MR) is 89.7 cm³/mol. The monoisotopic (exact) mass is 395 g/mol. The van der Waals surface area contributed by atoms with Crippen molar-refractivity contribution in [1.29, 1.82) is 0 Å². The van der Waals surface area contributed by atoms with Gasteiger partial charge in [-0.15, -0.1) is 16.2 Å². The lowest BCUT2D eigenvalue weighted by atomic mass is 10.0. The van der Waals surface area contributed by atoms with E-state index in [-0.39, 0.29) is 12.1 Å². The number of hydrogen-bond acceptors (Lipinski definition) is 5. The van der Waals surface area contributed by atoms with Crippen LogP contribution in [0.5, 0.6) is 0 Å². The van der Waals surface area contributed by atoms with Crippen molar-refractivity contribution in [3.05, 3.63) is 14.7 Å². The average Bonchev–Trinajstić information content (AvgIpc) is 2.76. The standard InChI is InChI=1S/C13H22BrN3O2S2/c1-9-5-4-6-10(2)17(9)16-21(18,19)12-7-11(8-15-3)20-13(12)14/h7,9-10,15-16H,4-6,8H2,1-3H3. The third-order valence-electron chi connectivity index (χ3n) is 3.77. The molecule has 0 bridgehead atoms. The summed E-state index contributed by atoms with van der Waals surface area (Å²) in [6.45, 7) is 4.79. The summed E-state index contributed by atoms with van der Waals surface area (Å²) in [5.74, 6) is 0. The van der Waals surface area contributed by atoms with Crippen molar-refractivity contribution >= 4 is 37.3 Å². The van der Waals surface area contributed by atoms with Gasteiger partial charge in [-0.25, -0.2) is 13.4 Å². The van der Waals surface area contributed by atoms with Crippen molar-refractivity contribution in [2.45, 2.75) is 56.6 Å². The maximum absolute atomic E-state index is 12.6. The topological polar surface area (TPSA) is 61.4 Å². The second-order valence-corrected chi connectivity index (χ2v) is 9.60. The highest BCUT2D eigenvalue weighted by atomic mass is 79.9. The van der Waals surface area contributed by atoms with Gasteiger partial charge in [0.1, 0.15) is 4.90 Å². The SMILES string of the molecule is CNCc1cc(S(=O)(=O)NN2C(C)CCCC2C)c(Br)s1. The molecule has 2 heterocycles. The van der Waals surface area contributed by atoms with E-state index in [0.717, 1.165) is 24.1 Å². The zero-order valence-electron chi connectivity index (χ0n) is 12.5. The van der Waals surface area contributed by atoms with Gasteiger partial charge < -0.3 is 5.32 Å². The third kappa shape index (κ3) is 4.05. The predicted octanol–water partition coefficient (Wildman–Crippen LogP) is 2.69. The lowest BCUT2D eigenvalue weighted by Gasteiger charge is -2.38. The molecule has 2 rings (SSSR count). The fourth-order valence-electron chi connectivity index (χ4n) is 2.63. The quantitative estimate of drug-likeness (QED) is 0.804. The molecule has 0 aliphatic carbocycles. The zero-order valence-corrected chi connectivity index (χ0v) is 15.7. The average molecular weight is 396 g/mol. The van der Waals surface area contributed by atoms with Gasteiger partial charge in [0.2, 0.25) is 0 Å². The van der Waals surface area contributed by atoms with Crippen LogP contribution in [0.2, 0.25) is 0 Å². The maximum atomic E-state index is 12.6. The Labute approximate surface area is 139 Å². The zero-order chi connectivity index (χ0) is 15.6. The lowest BCUT2D eigenvalue weighted by Crippen LogP contribution is -2.53. The van der Waals surface area contributed by atoms with Gasteiger partial charge in [-0.3, -0.25) is 0 Å². The van der Waals surface area contributed by atoms with Crippen LogP contribution in [0.25, 0.3) is 0 Å². The van der Waals surface area contributed by atoms with Crippen LogP contribution in [0, 0.1) is 0 Å². The molecule has 0 radical (unpaired) electrons. The molecule has 120 valence electrons. The van der Waals surface area contributed by atoms with Crippen LogP contribution < -0.4 is 10.1 Å². The molecule has 1 saturated heterocycles. The summed E-state index contributed by atoms with van der Waals surface area (Å²) >= 11 is 4.82. The summed E-state index contributed by atoms with van der Waals surface area (Å²) in [6.07, 6.45) is 3.18. The van der Waals surface area contributed by atoms with E-state index in [2.05, 4.69) is 39.9 Å². The van der Waals surface area contributed by atoms with Crippen LogP contribution >= 0.6 is 27.3 Å². The Morgan fingerprint density at radius 3 is 2.57 bits per heavy atom. The van der Waals surface area contributed by atoms with E-state index in [1.165, 1.54) is 11.3 Å². The largest absolute Gasteiger partial charge is 0.315 e. The van der Waals surface area contributed by atoms with Gasteiger partial charge in [-0.2, -0.15) is 0 Å². The van der Waals surface area contributed by atoms with Gasteiger partial charge in [0.05, 0.1) is 3.79 Å². The van der Waals surface area contributed by atoms with E-state index in [9.17, 15) is 8.42 Å². The third-order valence-corrected chi connectivity index (χ3v) is 7.35. The fraction of sp³-hybridized carbons (Fsp3) is 0.692. The molecule has 0 saturated carbocycles. The molecule has 0 aromatic carbocycles. The number of rotatable bonds is 5. The van der Waals surface area contributed by atoms with E-state index < -0.39 is 10.0 Å². The number of hydrogen-bond donors (Lipinski definition) is 2. The molecular formula is C13H22BrN3O2S2. The number of thiophene rings is 1. The van der Waals surface area contributed by atoms with Crippen molar-refractivity contribution < 1.29 is 8.42 Å². The van der Waals surface area contributed by atoms with Crippen molar-refractivity contribution in [3.8, 4) is 0 Å². The van der Waals surface area contributed by atoms with Crippen molar-refractivity contribution in [3.63, 3.8) is 0 Å². The number of nitrogens with one attached hydrogen (secondary N) is 2. The Morgan fingerprint density at radius 2 is 2.00 bits per heavy atom. The smallest absolute Gasteiger partial charge is 0.255 e. The van der Waals surface area contributed by atoms with Crippen LogP contribution in [0.1, 0.15) is 38.0 Å². The van der Waals surface area contributed by atoms with Gasteiger partial charge in [0, 0.05) is 23.5 Å². The highest BCUT2D eigenvalue weighted by molar-refractivity contribution is 9.11. The Bertz CT molecular complexity index is 578. The molecule has 1 aliphatic rings. The molecule has 5 nitrogen and oxygen atoms in total. The van der Waals surface area contributed by atoms with Crippen molar-refractivity contribution in [2.24, 2.45) is 0 Å². The summed E-state index contributed by atoms with van der Waals surface area (Å²) in [5, 5.41) is 4.91. The van der Waals surface area contributed by atoms with Crippen molar-refractivity contribution in [1.82, 2.24) is 15.2 Å². The molecule has 0 amide bonds. The van der Waals surface area contributed by atoms with Crippen LogP contribution in [0.3, 0.4) is 0 Å². The molecule has 0 spiro atoms. The normalized spacial score (nSPS) is 24.4. The molecule has 21 heavy (non-hydrogen) atoms. The van der Waals surface area contributed by atoms with E-state index >= 15 is 0 Å². The number of halogens is 1. The summed E-state index contributed by atoms with van der Waals surface area (Å²) < 4.78 is 25.9. The van der Waals surface area contributed by atoms with Crippen LogP contribution in [0.4, 0.5) is 0 Å². The highest BCUT2D eigenvalue weighted by Crippen LogP contribution is 2.32. The summed E-state index contributed by atoms with van der Waals surface area (Å²) in [5.41, 5.74) is 0. The first kappa shape index (κ1) is 17.4. The summed E-state index contributed by atoms with van der Waals surface area (Å²) in [4.78, 5) is 4.08. The Balaban J connectivity index is 2.21. The van der Waals surface area contributed by atoms with Crippen LogP contribution in [-0.4, -0.2) is 32.6 Å². The maximum Gasteiger partial charge on any atom is 0.255 e. The minimum Gasteiger partial charge on any atom is -0.315 e. The Kier molecular flexibility index (Phi) is 5.84. The molecule has 8 heteroatoms. The van der Waals surface area contributed by atoms with Crippen LogP contribution in [0.15, 0.2) is 14.7 Å². The van der Waals surface area contributed by atoms with Gasteiger partial charge in [0.25, 0.3) is 10.0 Å². The van der Waals surface area contributed by atoms with E-state index in [1.807, 2.05) is 12.1 Å². The number of sulfonamides is 1. The molecule has 1 aliphatic heterocycles. The molecule has 2 atom stereocenters. The van der Waals surface area contributed by atoms with Gasteiger partial charge in [-0.05, 0) is 55.7 Å². The molecular weight excluding hydrogens is 374 g/mol. The molecule has 1 fully saturated rings. The minimum atomic E-state index is -3.54. The Morgan fingerprint density at radius 1 is 1.38 bits per heavy atom. The van der Waals surface area contributed by atoms with Crippen molar-refractivity contribution in [2.75, 3.05) is 7.05 Å². The van der Waals surface area contributed by atoms with Gasteiger partial charge in [-0.1, -0.05) is 6.42 Å². The summed E-state index contributed by atoms with van der Waals surface area (Å²) in [6, 6.07) is 2.17. The first-order chi connectivity index (χ1) is 9.85. The second-order valence-electron chi connectivity index (χ2n) is 5.51. The minimum absolute atomic E-state index is 0.220. The summed E-state index contributed by atoms with van der Waals surface area (Å²) in [7, 11) is -1.70. The van der Waals surface area contributed by atoms with E-state index in [0.29, 0.717) is 15.2 Å². The number of nitrogens with zero attached hydrogens (tertiary/aromatic N) is 1.